The van der Waals surface area contributed by atoms with Crippen molar-refractivity contribution in [1.29, 1.82) is 0 Å². The van der Waals surface area contributed by atoms with Crippen LogP contribution < -0.4 is 0 Å². The van der Waals surface area contributed by atoms with Crippen LogP contribution in [0.25, 0.3) is 0 Å². The van der Waals surface area contributed by atoms with E-state index in [0.717, 1.165) is 0 Å². The Morgan fingerprint density at radius 2 is 1.43 bits per heavy atom. The summed E-state index contributed by atoms with van der Waals surface area (Å²) in [7, 11) is 2.43. The van der Waals surface area contributed by atoms with Crippen molar-refractivity contribution in [3.63, 3.8) is 0 Å². The average molecular weight is 294 g/mol. The highest BCUT2D eigenvalue weighted by Gasteiger charge is 2.25. The Labute approximate surface area is 123 Å². The van der Waals surface area contributed by atoms with Gasteiger partial charge in [0, 0.05) is 0 Å². The van der Waals surface area contributed by atoms with Crippen LogP contribution in [0.3, 0.4) is 0 Å². The van der Waals surface area contributed by atoms with Crippen LogP contribution in [0.1, 0.15) is 51.8 Å². The Hall–Kier alpha value is -2.37. The van der Waals surface area contributed by atoms with Gasteiger partial charge in [0.25, 0.3) is 0 Å². The van der Waals surface area contributed by atoms with Crippen LogP contribution in [-0.4, -0.2) is 37.7 Å². The van der Waals surface area contributed by atoms with Gasteiger partial charge in [-0.2, -0.15) is 0 Å². The molecule has 0 saturated carbocycles. The van der Waals surface area contributed by atoms with Gasteiger partial charge < -0.3 is 14.2 Å². The van der Waals surface area contributed by atoms with E-state index >= 15 is 0 Å². The summed E-state index contributed by atoms with van der Waals surface area (Å²) < 4.78 is 14.4. The summed E-state index contributed by atoms with van der Waals surface area (Å²) in [6.07, 6.45) is 0. The lowest BCUT2D eigenvalue weighted by molar-refractivity contribution is 0.00652. The fraction of sp³-hybridized carbons (Fsp3) is 0.400. The number of methoxy groups -OCH3 is 2. The fourth-order valence-electron chi connectivity index (χ4n) is 1.58. The first-order valence-electron chi connectivity index (χ1n) is 6.23. The van der Waals surface area contributed by atoms with E-state index in [2.05, 4.69) is 9.47 Å². The van der Waals surface area contributed by atoms with Crippen molar-refractivity contribution in [3.05, 3.63) is 34.9 Å². The van der Waals surface area contributed by atoms with Crippen molar-refractivity contribution in [2.45, 2.75) is 26.4 Å². The van der Waals surface area contributed by atoms with E-state index in [1.165, 1.54) is 32.4 Å². The summed E-state index contributed by atoms with van der Waals surface area (Å²) in [6.45, 7) is 5.10. The number of carbonyl (C=O) groups is 3. The molecule has 114 valence electrons. The maximum absolute atomic E-state index is 12.2. The topological polar surface area (TPSA) is 78.9 Å². The van der Waals surface area contributed by atoms with Gasteiger partial charge in [0.05, 0.1) is 30.9 Å². The Morgan fingerprint density at radius 3 is 1.90 bits per heavy atom. The molecule has 0 heterocycles. The molecule has 1 rings (SSSR count). The largest absolute Gasteiger partial charge is 0.465 e. The normalized spacial score (nSPS) is 10.7. The molecule has 1 aromatic carbocycles. The minimum absolute atomic E-state index is 0.0272. The van der Waals surface area contributed by atoms with Crippen molar-refractivity contribution in [2.24, 2.45) is 0 Å². The van der Waals surface area contributed by atoms with Gasteiger partial charge in [0.1, 0.15) is 5.60 Å². The molecule has 0 bridgehead atoms. The molecule has 0 radical (unpaired) electrons. The Bertz CT molecular complexity index is 568. The van der Waals surface area contributed by atoms with E-state index in [0.29, 0.717) is 0 Å². The highest BCUT2D eigenvalue weighted by molar-refractivity contribution is 6.05. The van der Waals surface area contributed by atoms with Crippen LogP contribution in [0.4, 0.5) is 0 Å². The smallest absolute Gasteiger partial charge is 0.339 e. The summed E-state index contributed by atoms with van der Waals surface area (Å²) in [6, 6.07) is 3.97. The highest BCUT2D eigenvalue weighted by Crippen LogP contribution is 2.19. The first-order chi connectivity index (χ1) is 9.69. The molecule has 6 nitrogen and oxygen atoms in total. The molecule has 0 N–H and O–H groups in total. The zero-order chi connectivity index (χ0) is 16.2. The SMILES string of the molecule is COC(=O)c1ccc(C(=O)OC)c(C(=O)OC(C)(C)C)c1. The predicted molar refractivity (Wildman–Crippen MR) is 74.3 cm³/mol. The van der Waals surface area contributed by atoms with E-state index in [4.69, 9.17) is 4.74 Å². The maximum atomic E-state index is 12.2. The van der Waals surface area contributed by atoms with Crippen LogP contribution in [0, 0.1) is 0 Å². The molecule has 6 heteroatoms. The molecule has 0 unspecified atom stereocenters. The first-order valence-corrected chi connectivity index (χ1v) is 6.23. The lowest BCUT2D eigenvalue weighted by Gasteiger charge is -2.20. The second-order valence-corrected chi connectivity index (χ2v) is 5.25. The molecule has 0 aliphatic rings. The number of esters is 3. The summed E-state index contributed by atoms with van der Waals surface area (Å²) >= 11 is 0. The molecule has 0 aliphatic heterocycles. The van der Waals surface area contributed by atoms with Crippen LogP contribution >= 0.6 is 0 Å². The molecular formula is C15H18O6. The van der Waals surface area contributed by atoms with Crippen LogP contribution in [-0.2, 0) is 14.2 Å². The third-order valence-corrected chi connectivity index (χ3v) is 2.46. The van der Waals surface area contributed by atoms with Gasteiger partial charge in [-0.15, -0.1) is 0 Å². The molecule has 0 aliphatic carbocycles. The second-order valence-electron chi connectivity index (χ2n) is 5.25. The molecule has 0 fully saturated rings. The lowest BCUT2D eigenvalue weighted by atomic mass is 10.0. The van der Waals surface area contributed by atoms with Crippen molar-refractivity contribution < 1.29 is 28.6 Å². The molecule has 0 amide bonds. The predicted octanol–water partition coefficient (Wildman–Crippen LogP) is 2.22. The first kappa shape index (κ1) is 16.7. The fourth-order valence-corrected chi connectivity index (χ4v) is 1.58. The quantitative estimate of drug-likeness (QED) is 0.628. The van der Waals surface area contributed by atoms with Gasteiger partial charge in [-0.05, 0) is 39.0 Å². The van der Waals surface area contributed by atoms with E-state index in [1.54, 1.807) is 20.8 Å². The van der Waals surface area contributed by atoms with E-state index in [1.807, 2.05) is 0 Å². The molecular weight excluding hydrogens is 276 g/mol. The van der Waals surface area contributed by atoms with Gasteiger partial charge in [0.15, 0.2) is 0 Å². The van der Waals surface area contributed by atoms with Gasteiger partial charge in [-0.1, -0.05) is 0 Å². The molecule has 0 aromatic heterocycles. The van der Waals surface area contributed by atoms with Crippen LogP contribution in [0.2, 0.25) is 0 Å². The van der Waals surface area contributed by atoms with Crippen LogP contribution in [0.15, 0.2) is 18.2 Å². The lowest BCUT2D eigenvalue weighted by Crippen LogP contribution is -2.25. The molecule has 0 spiro atoms. The summed E-state index contributed by atoms with van der Waals surface area (Å²) in [4.78, 5) is 35.4. The third-order valence-electron chi connectivity index (χ3n) is 2.46. The van der Waals surface area contributed by atoms with Crippen LogP contribution in [0.5, 0.6) is 0 Å². The average Bonchev–Trinajstić information content (AvgIpc) is 2.43. The van der Waals surface area contributed by atoms with Gasteiger partial charge in [0.2, 0.25) is 0 Å². The van der Waals surface area contributed by atoms with Gasteiger partial charge in [-0.3, -0.25) is 0 Å². The zero-order valence-corrected chi connectivity index (χ0v) is 12.7. The van der Waals surface area contributed by atoms with E-state index in [-0.39, 0.29) is 16.7 Å². The van der Waals surface area contributed by atoms with Gasteiger partial charge in [-0.25, -0.2) is 14.4 Å². The minimum Gasteiger partial charge on any atom is -0.465 e. The number of rotatable bonds is 3. The molecule has 1 aromatic rings. The van der Waals surface area contributed by atoms with Gasteiger partial charge >= 0.3 is 17.9 Å². The standard InChI is InChI=1S/C15H18O6/c1-15(2,3)21-14(18)11-8-9(12(16)19-4)6-7-10(11)13(17)20-5/h6-8H,1-5H3. The van der Waals surface area contributed by atoms with Crippen molar-refractivity contribution in [1.82, 2.24) is 0 Å². The summed E-state index contributed by atoms with van der Waals surface area (Å²) in [5.41, 5.74) is -0.601. The highest BCUT2D eigenvalue weighted by atomic mass is 16.6. The maximum Gasteiger partial charge on any atom is 0.339 e. The van der Waals surface area contributed by atoms with Crippen molar-refractivity contribution >= 4 is 17.9 Å². The molecule has 0 saturated heterocycles. The van der Waals surface area contributed by atoms with Crippen molar-refractivity contribution in [3.8, 4) is 0 Å². The molecule has 21 heavy (non-hydrogen) atoms. The van der Waals surface area contributed by atoms with E-state index < -0.39 is 23.5 Å². The number of carbonyl (C=O) groups excluding carboxylic acids is 3. The third kappa shape index (κ3) is 4.30. The second kappa shape index (κ2) is 6.39. The monoisotopic (exact) mass is 294 g/mol. The summed E-state index contributed by atoms with van der Waals surface area (Å²) in [5, 5.41) is 0. The Morgan fingerprint density at radius 1 is 0.857 bits per heavy atom. The molecule has 0 atom stereocenters. The van der Waals surface area contributed by atoms with Crippen molar-refractivity contribution in [2.75, 3.05) is 14.2 Å². The summed E-state index contributed by atoms with van der Waals surface area (Å²) in [5.74, 6) is -2.02. The number of hydrogen-bond acceptors (Lipinski definition) is 6. The number of hydrogen-bond donors (Lipinski definition) is 0. The Kier molecular flexibility index (Phi) is 5.07. The Balaban J connectivity index is 3.32. The number of ether oxygens (including phenoxy) is 3. The zero-order valence-electron chi connectivity index (χ0n) is 12.7. The number of benzene rings is 1. The minimum atomic E-state index is -0.730. The van der Waals surface area contributed by atoms with E-state index in [9.17, 15) is 14.4 Å².